The van der Waals surface area contributed by atoms with E-state index in [0.717, 1.165) is 0 Å². The Kier molecular flexibility index (Phi) is 10.1. The van der Waals surface area contributed by atoms with E-state index in [1.54, 1.807) is 12.1 Å². The summed E-state index contributed by atoms with van der Waals surface area (Å²) in [7, 11) is 0. The lowest BCUT2D eigenvalue weighted by Crippen LogP contribution is -2.15. The summed E-state index contributed by atoms with van der Waals surface area (Å²) in [6.07, 6.45) is 0.521. The van der Waals surface area contributed by atoms with Crippen LogP contribution in [0.1, 0.15) is 33.6 Å². The van der Waals surface area contributed by atoms with Crippen molar-refractivity contribution in [1.82, 2.24) is 0 Å². The first-order valence-corrected chi connectivity index (χ1v) is 13.1. The van der Waals surface area contributed by atoms with Crippen molar-refractivity contribution in [2.45, 2.75) is 22.6 Å². The summed E-state index contributed by atoms with van der Waals surface area (Å²) < 4.78 is 0. The van der Waals surface area contributed by atoms with Gasteiger partial charge < -0.3 is 15.7 Å². The number of non-ortho nitro benzene ring substituents is 1. The zero-order valence-electron chi connectivity index (χ0n) is 19.8. The van der Waals surface area contributed by atoms with Gasteiger partial charge in [-0.1, -0.05) is 0 Å². The molecule has 0 aliphatic rings. The average molecular weight is 548 g/mol. The minimum atomic E-state index is -0.554. The van der Waals surface area contributed by atoms with Crippen molar-refractivity contribution >= 4 is 52.4 Å². The molecule has 3 N–H and O–H groups in total. The summed E-state index contributed by atoms with van der Waals surface area (Å²) in [4.78, 5) is 37.4. The summed E-state index contributed by atoms with van der Waals surface area (Å²) >= 11 is 2.64. The van der Waals surface area contributed by atoms with E-state index in [4.69, 9.17) is 10.5 Å². The first-order valence-electron chi connectivity index (χ1n) is 11.2. The van der Waals surface area contributed by atoms with Crippen LogP contribution in [0.3, 0.4) is 0 Å². The number of nitro groups is 1. The molecule has 0 spiro atoms. The van der Waals surface area contributed by atoms with Gasteiger partial charge >= 0.3 is 0 Å². The minimum absolute atomic E-state index is 0.0265. The molecule has 192 valence electrons. The van der Waals surface area contributed by atoms with Gasteiger partial charge in [0.25, 0.3) is 17.5 Å². The van der Waals surface area contributed by atoms with E-state index in [0.29, 0.717) is 38.2 Å². The summed E-state index contributed by atoms with van der Waals surface area (Å²) in [5, 5.41) is 44.0. The van der Waals surface area contributed by atoms with E-state index in [1.807, 2.05) is 0 Å². The fraction of sp³-hybridized carbons (Fsp3) is 0.154. The lowest BCUT2D eigenvalue weighted by Gasteiger charge is -2.17. The van der Waals surface area contributed by atoms with Gasteiger partial charge in [0.15, 0.2) is 0 Å². The topological polar surface area (TPSA) is 169 Å². The molecule has 0 bridgehead atoms. The van der Waals surface area contributed by atoms with Crippen LogP contribution in [0.2, 0.25) is 0 Å². The molecule has 3 aromatic carbocycles. The van der Waals surface area contributed by atoms with Crippen molar-refractivity contribution in [2.75, 3.05) is 22.1 Å². The van der Waals surface area contributed by atoms with Gasteiger partial charge in [0.1, 0.15) is 5.75 Å². The molecule has 3 rings (SSSR count). The molecule has 0 saturated carbocycles. The highest BCUT2D eigenvalue weighted by molar-refractivity contribution is 8.00. The minimum Gasteiger partial charge on any atom is -0.508 e. The van der Waals surface area contributed by atoms with E-state index in [2.05, 4.69) is 22.8 Å². The smallest absolute Gasteiger partial charge is 0.269 e. The van der Waals surface area contributed by atoms with Gasteiger partial charge in [0.05, 0.1) is 28.4 Å². The normalized spacial score (nSPS) is 10.2. The van der Waals surface area contributed by atoms with E-state index >= 15 is 0 Å². The highest BCUT2D eigenvalue weighted by Crippen LogP contribution is 2.38. The Bertz CT molecular complexity index is 1410. The standard InChI is InChI=1S/C26H21N5O5S2/c27-11-1-13-37-23-16-22(30-26(34)18-5-9-20(32)10-6-18)24(38-14-2-12-28)15-21(23)29-25(33)17-3-7-19(8-4-17)31(35)36/h3-10,15-16,32H,1-2,13-14H2,(H,29,33)(H,30,34). The zero-order valence-corrected chi connectivity index (χ0v) is 21.5. The molecule has 10 nitrogen and oxygen atoms in total. The Morgan fingerprint density at radius 1 is 0.816 bits per heavy atom. The lowest BCUT2D eigenvalue weighted by molar-refractivity contribution is -0.384. The third kappa shape index (κ3) is 7.74. The number of nitrogens with zero attached hydrogens (tertiary/aromatic N) is 3. The van der Waals surface area contributed by atoms with Crippen LogP contribution < -0.4 is 10.6 Å². The number of benzene rings is 3. The van der Waals surface area contributed by atoms with Crippen molar-refractivity contribution in [3.05, 3.63) is 81.9 Å². The van der Waals surface area contributed by atoms with Crippen LogP contribution >= 0.6 is 23.5 Å². The van der Waals surface area contributed by atoms with Gasteiger partial charge in [-0.05, 0) is 48.5 Å². The molecule has 0 heterocycles. The highest BCUT2D eigenvalue weighted by atomic mass is 32.2. The maximum absolute atomic E-state index is 12.9. The molecule has 0 radical (unpaired) electrons. The largest absolute Gasteiger partial charge is 0.508 e. The Labute approximate surface area is 226 Å². The van der Waals surface area contributed by atoms with Gasteiger partial charge in [0, 0.05) is 57.4 Å². The van der Waals surface area contributed by atoms with Gasteiger partial charge in [-0.2, -0.15) is 10.5 Å². The lowest BCUT2D eigenvalue weighted by atomic mass is 10.1. The third-order valence-electron chi connectivity index (χ3n) is 4.99. The maximum atomic E-state index is 12.9. The molecule has 3 aromatic rings. The number of phenols is 1. The van der Waals surface area contributed by atoms with Crippen LogP contribution in [0.15, 0.2) is 70.5 Å². The summed E-state index contributed by atoms with van der Waals surface area (Å²) in [5.74, 6) is -0.00412. The molecule has 0 aromatic heterocycles. The SMILES string of the molecule is N#CCCSc1cc(NC(=O)c2ccc([N+](=O)[O-])cc2)c(SCCC#N)cc1NC(=O)c1ccc(O)cc1. The number of carbonyl (C=O) groups excluding carboxylic acids is 2. The molecule has 2 amide bonds. The van der Waals surface area contributed by atoms with Crippen LogP contribution in [0.4, 0.5) is 17.1 Å². The number of nitro benzene ring substituents is 1. The van der Waals surface area contributed by atoms with Gasteiger partial charge in [-0.3, -0.25) is 19.7 Å². The number of carbonyl (C=O) groups is 2. The molecule has 0 aliphatic carbocycles. The molecule has 0 unspecified atom stereocenters. The van der Waals surface area contributed by atoms with E-state index in [1.165, 1.54) is 72.1 Å². The molecule has 0 saturated heterocycles. The van der Waals surface area contributed by atoms with Crippen LogP contribution in [0.5, 0.6) is 5.75 Å². The fourth-order valence-corrected chi connectivity index (χ4v) is 4.90. The zero-order chi connectivity index (χ0) is 27.5. The molecule has 0 fully saturated rings. The number of nitriles is 2. The summed E-state index contributed by atoms with van der Waals surface area (Å²) in [5.41, 5.74) is 1.29. The fourth-order valence-electron chi connectivity index (χ4n) is 3.14. The number of hydrogen-bond donors (Lipinski definition) is 3. The average Bonchev–Trinajstić information content (AvgIpc) is 2.91. The first-order chi connectivity index (χ1) is 18.3. The van der Waals surface area contributed by atoms with E-state index < -0.39 is 16.7 Å². The van der Waals surface area contributed by atoms with Gasteiger partial charge in [-0.25, -0.2) is 0 Å². The summed E-state index contributed by atoms with van der Waals surface area (Å²) in [6.45, 7) is 0. The Morgan fingerprint density at radius 2 is 1.24 bits per heavy atom. The monoisotopic (exact) mass is 547 g/mol. The third-order valence-corrected chi connectivity index (χ3v) is 7.10. The van der Waals surface area contributed by atoms with Crippen LogP contribution in [0.25, 0.3) is 0 Å². The number of hydrogen-bond acceptors (Lipinski definition) is 9. The van der Waals surface area contributed by atoms with Gasteiger partial charge in [0.2, 0.25) is 0 Å². The van der Waals surface area contributed by atoms with Crippen molar-refractivity contribution in [3.63, 3.8) is 0 Å². The Balaban J connectivity index is 1.96. The first kappa shape index (κ1) is 28.1. The van der Waals surface area contributed by atoms with Crippen molar-refractivity contribution in [1.29, 1.82) is 10.5 Å². The van der Waals surface area contributed by atoms with Crippen molar-refractivity contribution in [2.24, 2.45) is 0 Å². The second kappa shape index (κ2) is 13.7. The van der Waals surface area contributed by atoms with Crippen molar-refractivity contribution in [3.8, 4) is 17.9 Å². The number of thioether (sulfide) groups is 2. The Morgan fingerprint density at radius 3 is 1.63 bits per heavy atom. The number of rotatable bonds is 11. The number of anilines is 2. The molecule has 12 heteroatoms. The second-order valence-corrected chi connectivity index (χ2v) is 9.89. The predicted molar refractivity (Wildman–Crippen MR) is 145 cm³/mol. The molecule has 0 aliphatic heterocycles. The number of aromatic hydroxyl groups is 1. The van der Waals surface area contributed by atoms with Crippen molar-refractivity contribution < 1.29 is 19.6 Å². The molecular weight excluding hydrogens is 526 g/mol. The Hall–Kier alpha value is -4.52. The second-order valence-electron chi connectivity index (χ2n) is 7.62. The van der Waals surface area contributed by atoms with Gasteiger partial charge in [-0.15, -0.1) is 23.5 Å². The predicted octanol–water partition coefficient (Wildman–Crippen LogP) is 5.82. The highest BCUT2D eigenvalue weighted by Gasteiger charge is 2.17. The number of amides is 2. The summed E-state index contributed by atoms with van der Waals surface area (Å²) in [6, 6.07) is 18.5. The van der Waals surface area contributed by atoms with Crippen LogP contribution in [0, 0.1) is 32.8 Å². The molecule has 38 heavy (non-hydrogen) atoms. The number of nitrogens with one attached hydrogen (secondary N) is 2. The van der Waals surface area contributed by atoms with Crippen LogP contribution in [-0.4, -0.2) is 33.3 Å². The molecule has 0 atom stereocenters. The molecular formula is C26H21N5O5S2. The van der Waals surface area contributed by atoms with E-state index in [-0.39, 0.29) is 29.8 Å². The van der Waals surface area contributed by atoms with E-state index in [9.17, 15) is 24.8 Å². The maximum Gasteiger partial charge on any atom is 0.269 e. The quantitative estimate of drug-likeness (QED) is 0.116. The number of phenolic OH excluding ortho intramolecular Hbond substituents is 1. The van der Waals surface area contributed by atoms with Crippen LogP contribution in [-0.2, 0) is 0 Å².